The summed E-state index contributed by atoms with van der Waals surface area (Å²) >= 11 is 1.03. The number of aromatic nitrogens is 1. The second-order valence-electron chi connectivity index (χ2n) is 3.49. The SMILES string of the molecule is N#Cc1ccc(C(=O)Nc2nc(C(=O)O)cs2)cc1. The minimum atomic E-state index is -1.14. The van der Waals surface area contributed by atoms with Crippen LogP contribution >= 0.6 is 11.3 Å². The van der Waals surface area contributed by atoms with Crippen molar-refractivity contribution in [2.45, 2.75) is 0 Å². The van der Waals surface area contributed by atoms with Gasteiger partial charge in [-0.1, -0.05) is 0 Å². The molecule has 94 valence electrons. The Bertz CT molecular complexity index is 670. The molecule has 0 radical (unpaired) electrons. The summed E-state index contributed by atoms with van der Waals surface area (Å²) in [6, 6.07) is 8.03. The molecule has 0 aliphatic rings. The van der Waals surface area contributed by atoms with E-state index in [1.54, 1.807) is 0 Å². The van der Waals surface area contributed by atoms with Crippen LogP contribution in [0.1, 0.15) is 26.4 Å². The average molecular weight is 273 g/mol. The molecule has 2 rings (SSSR count). The Morgan fingerprint density at radius 2 is 2.00 bits per heavy atom. The Kier molecular flexibility index (Phi) is 3.54. The van der Waals surface area contributed by atoms with Crippen molar-refractivity contribution < 1.29 is 14.7 Å². The number of carboxylic acid groups (broad SMARTS) is 1. The lowest BCUT2D eigenvalue weighted by atomic mass is 10.1. The number of nitrogens with one attached hydrogen (secondary N) is 1. The smallest absolute Gasteiger partial charge is 0.355 e. The summed E-state index contributed by atoms with van der Waals surface area (Å²) < 4.78 is 0. The summed E-state index contributed by atoms with van der Waals surface area (Å²) in [4.78, 5) is 26.2. The lowest BCUT2D eigenvalue weighted by Gasteiger charge is -2.01. The number of hydrogen-bond donors (Lipinski definition) is 2. The molecule has 2 aromatic rings. The van der Waals surface area contributed by atoms with E-state index in [-0.39, 0.29) is 10.8 Å². The normalized spacial score (nSPS) is 9.63. The number of aromatic carboxylic acids is 1. The topological polar surface area (TPSA) is 103 Å². The number of carboxylic acids is 1. The van der Waals surface area contributed by atoms with Crippen molar-refractivity contribution in [3.8, 4) is 6.07 Å². The first kappa shape index (κ1) is 12.7. The summed E-state index contributed by atoms with van der Waals surface area (Å²) in [5, 5.41) is 21.4. The van der Waals surface area contributed by atoms with Crippen molar-refractivity contribution in [2.75, 3.05) is 5.32 Å². The van der Waals surface area contributed by atoms with Crippen molar-refractivity contribution in [3.05, 3.63) is 46.5 Å². The molecule has 0 saturated carbocycles. The lowest BCUT2D eigenvalue weighted by molar-refractivity contribution is 0.0691. The maximum absolute atomic E-state index is 11.8. The predicted octanol–water partition coefficient (Wildman–Crippen LogP) is 1.97. The summed E-state index contributed by atoms with van der Waals surface area (Å²) in [5.41, 5.74) is 0.713. The van der Waals surface area contributed by atoms with E-state index in [0.29, 0.717) is 11.1 Å². The summed E-state index contributed by atoms with van der Waals surface area (Å²) in [6.07, 6.45) is 0. The fourth-order valence-electron chi connectivity index (χ4n) is 1.29. The van der Waals surface area contributed by atoms with E-state index in [1.807, 2.05) is 6.07 Å². The molecular formula is C12H7N3O3S. The molecule has 2 N–H and O–H groups in total. The fraction of sp³-hybridized carbons (Fsp3) is 0. The van der Waals surface area contributed by atoms with E-state index in [2.05, 4.69) is 10.3 Å². The molecule has 1 heterocycles. The third-order valence-electron chi connectivity index (χ3n) is 2.22. The van der Waals surface area contributed by atoms with E-state index in [9.17, 15) is 9.59 Å². The van der Waals surface area contributed by atoms with Gasteiger partial charge < -0.3 is 5.11 Å². The fourth-order valence-corrected chi connectivity index (χ4v) is 1.97. The van der Waals surface area contributed by atoms with Gasteiger partial charge in [-0.2, -0.15) is 5.26 Å². The van der Waals surface area contributed by atoms with Crippen molar-refractivity contribution in [1.29, 1.82) is 5.26 Å². The second-order valence-corrected chi connectivity index (χ2v) is 4.34. The molecule has 1 aromatic carbocycles. The number of carbonyl (C=O) groups is 2. The van der Waals surface area contributed by atoms with E-state index in [4.69, 9.17) is 10.4 Å². The van der Waals surface area contributed by atoms with Gasteiger partial charge in [0, 0.05) is 10.9 Å². The number of nitrogens with zero attached hydrogens (tertiary/aromatic N) is 2. The molecule has 0 saturated heterocycles. The number of carbonyl (C=O) groups excluding carboxylic acids is 1. The number of benzene rings is 1. The van der Waals surface area contributed by atoms with E-state index < -0.39 is 11.9 Å². The molecule has 0 bridgehead atoms. The zero-order chi connectivity index (χ0) is 13.8. The summed E-state index contributed by atoms with van der Waals surface area (Å²) in [6.45, 7) is 0. The monoisotopic (exact) mass is 273 g/mol. The van der Waals surface area contributed by atoms with Gasteiger partial charge >= 0.3 is 5.97 Å². The van der Waals surface area contributed by atoms with Gasteiger partial charge in [-0.05, 0) is 24.3 Å². The van der Waals surface area contributed by atoms with Gasteiger partial charge in [-0.3, -0.25) is 10.1 Å². The third-order valence-corrected chi connectivity index (χ3v) is 2.98. The van der Waals surface area contributed by atoms with E-state index in [0.717, 1.165) is 11.3 Å². The van der Waals surface area contributed by atoms with Gasteiger partial charge in [0.05, 0.1) is 11.6 Å². The molecular weight excluding hydrogens is 266 g/mol. The average Bonchev–Trinajstić information content (AvgIpc) is 2.87. The summed E-state index contributed by atoms with van der Waals surface area (Å²) in [5.74, 6) is -1.55. The molecule has 1 aromatic heterocycles. The van der Waals surface area contributed by atoms with Crippen molar-refractivity contribution >= 4 is 28.3 Å². The maximum Gasteiger partial charge on any atom is 0.355 e. The standard InChI is InChI=1S/C12H7N3O3S/c13-5-7-1-3-8(4-2-7)10(16)15-12-14-9(6-19-12)11(17)18/h1-4,6H,(H,17,18)(H,14,15,16). The first-order chi connectivity index (χ1) is 9.10. The zero-order valence-electron chi connectivity index (χ0n) is 9.45. The number of thiazole rings is 1. The van der Waals surface area contributed by atoms with Crippen LogP contribution in [0.3, 0.4) is 0 Å². The van der Waals surface area contributed by atoms with Crippen LogP contribution in [-0.4, -0.2) is 22.0 Å². The van der Waals surface area contributed by atoms with Gasteiger partial charge in [0.1, 0.15) is 0 Å². The van der Waals surface area contributed by atoms with Crippen molar-refractivity contribution in [1.82, 2.24) is 4.98 Å². The Balaban J connectivity index is 2.11. The number of anilines is 1. The zero-order valence-corrected chi connectivity index (χ0v) is 10.3. The van der Waals surface area contributed by atoms with Gasteiger partial charge in [0.2, 0.25) is 0 Å². The molecule has 0 spiro atoms. The minimum absolute atomic E-state index is 0.111. The predicted molar refractivity (Wildman–Crippen MR) is 68.2 cm³/mol. The molecule has 0 fully saturated rings. The highest BCUT2D eigenvalue weighted by molar-refractivity contribution is 7.14. The van der Waals surface area contributed by atoms with Gasteiger partial charge in [0.25, 0.3) is 5.91 Å². The number of amides is 1. The Morgan fingerprint density at radius 3 is 2.53 bits per heavy atom. The van der Waals surface area contributed by atoms with Crippen LogP contribution in [0.5, 0.6) is 0 Å². The van der Waals surface area contributed by atoms with Crippen LogP contribution in [0.25, 0.3) is 0 Å². The molecule has 6 nitrogen and oxygen atoms in total. The quantitative estimate of drug-likeness (QED) is 0.889. The Labute approximate surface area is 112 Å². The van der Waals surface area contributed by atoms with Crippen LogP contribution < -0.4 is 5.32 Å². The van der Waals surface area contributed by atoms with Crippen molar-refractivity contribution in [2.24, 2.45) is 0 Å². The van der Waals surface area contributed by atoms with Gasteiger partial charge in [-0.15, -0.1) is 11.3 Å². The molecule has 0 aliphatic carbocycles. The number of hydrogen-bond acceptors (Lipinski definition) is 5. The minimum Gasteiger partial charge on any atom is -0.476 e. The van der Waals surface area contributed by atoms with Crippen LogP contribution in [-0.2, 0) is 0 Å². The highest BCUT2D eigenvalue weighted by Gasteiger charge is 2.12. The molecule has 19 heavy (non-hydrogen) atoms. The molecule has 0 unspecified atom stereocenters. The maximum atomic E-state index is 11.8. The first-order valence-corrected chi connectivity index (χ1v) is 5.98. The molecule has 7 heteroatoms. The van der Waals surface area contributed by atoms with Crippen LogP contribution in [0.4, 0.5) is 5.13 Å². The molecule has 0 atom stereocenters. The highest BCUT2D eigenvalue weighted by Crippen LogP contribution is 2.16. The molecule has 0 aliphatic heterocycles. The van der Waals surface area contributed by atoms with Gasteiger partial charge in [0.15, 0.2) is 10.8 Å². The Hall–Kier alpha value is -2.72. The van der Waals surface area contributed by atoms with Crippen LogP contribution in [0.15, 0.2) is 29.6 Å². The van der Waals surface area contributed by atoms with Crippen LogP contribution in [0.2, 0.25) is 0 Å². The van der Waals surface area contributed by atoms with Crippen LogP contribution in [0, 0.1) is 11.3 Å². The van der Waals surface area contributed by atoms with E-state index in [1.165, 1.54) is 29.6 Å². The first-order valence-electron chi connectivity index (χ1n) is 5.10. The largest absolute Gasteiger partial charge is 0.476 e. The van der Waals surface area contributed by atoms with Gasteiger partial charge in [-0.25, -0.2) is 9.78 Å². The Morgan fingerprint density at radius 1 is 1.32 bits per heavy atom. The number of nitriles is 1. The summed E-state index contributed by atoms with van der Waals surface area (Å²) in [7, 11) is 0. The third kappa shape index (κ3) is 2.94. The van der Waals surface area contributed by atoms with Crippen molar-refractivity contribution in [3.63, 3.8) is 0 Å². The number of rotatable bonds is 3. The van der Waals surface area contributed by atoms with E-state index >= 15 is 0 Å². The molecule has 1 amide bonds. The highest BCUT2D eigenvalue weighted by atomic mass is 32.1. The lowest BCUT2D eigenvalue weighted by Crippen LogP contribution is -2.11. The second kappa shape index (κ2) is 5.29.